The van der Waals surface area contributed by atoms with E-state index >= 15 is 0 Å². The number of fused-ring (bicyclic) bond motifs is 1. The van der Waals surface area contributed by atoms with Crippen molar-refractivity contribution in [3.63, 3.8) is 0 Å². The molecule has 4 nitrogen and oxygen atoms in total. The number of carbonyl (C=O) groups excluding carboxylic acids is 2. The number of benzene rings is 1. The SMILES string of the molecule is C#CCCNC(=O)c1ccc2c(c1)CCN(C(=O)C=C)CC2. The minimum atomic E-state index is -0.110. The van der Waals surface area contributed by atoms with Gasteiger partial charge < -0.3 is 10.2 Å². The van der Waals surface area contributed by atoms with E-state index in [0.29, 0.717) is 31.6 Å². The van der Waals surface area contributed by atoms with Crippen molar-refractivity contribution in [1.29, 1.82) is 0 Å². The maximum Gasteiger partial charge on any atom is 0.251 e. The van der Waals surface area contributed by atoms with E-state index in [1.165, 1.54) is 11.6 Å². The average molecular weight is 296 g/mol. The van der Waals surface area contributed by atoms with Crippen LogP contribution in [-0.4, -0.2) is 36.3 Å². The van der Waals surface area contributed by atoms with Crippen LogP contribution in [-0.2, 0) is 17.6 Å². The standard InChI is InChI=1S/C18H20N2O2/c1-3-5-10-19-18(22)16-7-6-14-8-11-20(17(21)4-2)12-9-15(14)13-16/h1,4,6-7,13H,2,5,8-12H2,(H,19,22). The van der Waals surface area contributed by atoms with E-state index in [1.54, 1.807) is 4.90 Å². The molecule has 0 atom stereocenters. The van der Waals surface area contributed by atoms with Crippen LogP contribution in [0.4, 0.5) is 0 Å². The Morgan fingerprint density at radius 1 is 1.32 bits per heavy atom. The van der Waals surface area contributed by atoms with Crippen LogP contribution in [0.5, 0.6) is 0 Å². The van der Waals surface area contributed by atoms with Crippen molar-refractivity contribution in [2.24, 2.45) is 0 Å². The predicted molar refractivity (Wildman–Crippen MR) is 86.4 cm³/mol. The fourth-order valence-electron chi connectivity index (χ4n) is 2.57. The molecule has 1 aliphatic rings. The van der Waals surface area contributed by atoms with Crippen LogP contribution in [0.1, 0.15) is 27.9 Å². The zero-order valence-electron chi connectivity index (χ0n) is 12.6. The summed E-state index contributed by atoms with van der Waals surface area (Å²) < 4.78 is 0. The Morgan fingerprint density at radius 2 is 2.05 bits per heavy atom. The van der Waals surface area contributed by atoms with Crippen molar-refractivity contribution in [3.8, 4) is 12.3 Å². The summed E-state index contributed by atoms with van der Waals surface area (Å²) in [6, 6.07) is 5.73. The lowest BCUT2D eigenvalue weighted by Crippen LogP contribution is -2.31. The first-order valence-electron chi connectivity index (χ1n) is 7.40. The summed E-state index contributed by atoms with van der Waals surface area (Å²) in [6.07, 6.45) is 8.59. The molecule has 1 aromatic rings. The van der Waals surface area contributed by atoms with Crippen LogP contribution < -0.4 is 5.32 Å². The predicted octanol–water partition coefficient (Wildman–Crippen LogP) is 1.55. The molecule has 0 fully saturated rings. The molecule has 2 rings (SSSR count). The monoisotopic (exact) mass is 296 g/mol. The van der Waals surface area contributed by atoms with E-state index in [1.807, 2.05) is 18.2 Å². The molecular weight excluding hydrogens is 276 g/mol. The molecule has 1 heterocycles. The number of nitrogens with one attached hydrogen (secondary N) is 1. The van der Waals surface area contributed by atoms with Crippen LogP contribution in [0.15, 0.2) is 30.9 Å². The zero-order valence-corrected chi connectivity index (χ0v) is 12.6. The molecule has 0 aliphatic carbocycles. The van der Waals surface area contributed by atoms with Gasteiger partial charge in [-0.15, -0.1) is 12.3 Å². The summed E-state index contributed by atoms with van der Waals surface area (Å²) in [5.41, 5.74) is 2.96. The molecule has 1 aromatic carbocycles. The third-order valence-corrected chi connectivity index (χ3v) is 3.81. The Balaban J connectivity index is 2.08. The van der Waals surface area contributed by atoms with Gasteiger partial charge in [-0.1, -0.05) is 12.6 Å². The van der Waals surface area contributed by atoms with E-state index in [0.717, 1.165) is 18.4 Å². The molecule has 1 aliphatic heterocycles. The number of nitrogens with zero attached hydrogens (tertiary/aromatic N) is 1. The number of carbonyl (C=O) groups is 2. The summed E-state index contributed by atoms with van der Waals surface area (Å²) in [7, 11) is 0. The van der Waals surface area contributed by atoms with Crippen molar-refractivity contribution >= 4 is 11.8 Å². The van der Waals surface area contributed by atoms with Gasteiger partial charge in [0.1, 0.15) is 0 Å². The first-order chi connectivity index (χ1) is 10.7. The van der Waals surface area contributed by atoms with E-state index in [2.05, 4.69) is 17.8 Å². The van der Waals surface area contributed by atoms with E-state index in [-0.39, 0.29) is 11.8 Å². The quantitative estimate of drug-likeness (QED) is 0.521. The molecule has 0 bridgehead atoms. The Morgan fingerprint density at radius 3 is 2.73 bits per heavy atom. The van der Waals surface area contributed by atoms with Gasteiger partial charge in [-0.25, -0.2) is 0 Å². The lowest BCUT2D eigenvalue weighted by atomic mass is 10.00. The minimum absolute atomic E-state index is 0.0416. The minimum Gasteiger partial charge on any atom is -0.351 e. The van der Waals surface area contributed by atoms with Crippen molar-refractivity contribution in [1.82, 2.24) is 10.2 Å². The van der Waals surface area contributed by atoms with Crippen LogP contribution >= 0.6 is 0 Å². The van der Waals surface area contributed by atoms with E-state index in [4.69, 9.17) is 6.42 Å². The lowest BCUT2D eigenvalue weighted by Gasteiger charge is -2.17. The molecule has 0 spiro atoms. The molecule has 22 heavy (non-hydrogen) atoms. The largest absolute Gasteiger partial charge is 0.351 e. The van der Waals surface area contributed by atoms with Crippen molar-refractivity contribution in [3.05, 3.63) is 47.5 Å². The molecule has 0 aromatic heterocycles. The first kappa shape index (κ1) is 15.8. The smallest absolute Gasteiger partial charge is 0.251 e. The summed E-state index contributed by atoms with van der Waals surface area (Å²) in [5.74, 6) is 2.34. The van der Waals surface area contributed by atoms with Crippen molar-refractivity contribution in [2.75, 3.05) is 19.6 Å². The Hall–Kier alpha value is -2.54. The van der Waals surface area contributed by atoms with Crippen LogP contribution in [0.3, 0.4) is 0 Å². The molecule has 1 N–H and O–H groups in total. The van der Waals surface area contributed by atoms with E-state index < -0.39 is 0 Å². The van der Waals surface area contributed by atoms with Gasteiger partial charge in [0.05, 0.1) is 0 Å². The number of hydrogen-bond acceptors (Lipinski definition) is 2. The highest BCUT2D eigenvalue weighted by molar-refractivity contribution is 5.94. The van der Waals surface area contributed by atoms with Gasteiger partial charge in [0, 0.05) is 31.6 Å². The Kier molecular flexibility index (Phi) is 5.37. The highest BCUT2D eigenvalue weighted by Gasteiger charge is 2.17. The number of rotatable bonds is 4. The third-order valence-electron chi connectivity index (χ3n) is 3.81. The van der Waals surface area contributed by atoms with Crippen molar-refractivity contribution < 1.29 is 9.59 Å². The second-order valence-corrected chi connectivity index (χ2v) is 5.22. The molecule has 0 saturated carbocycles. The van der Waals surface area contributed by atoms with Gasteiger partial charge in [0.2, 0.25) is 5.91 Å². The number of amides is 2. The first-order valence-corrected chi connectivity index (χ1v) is 7.40. The highest BCUT2D eigenvalue weighted by Crippen LogP contribution is 2.18. The average Bonchev–Trinajstić information content (AvgIpc) is 2.76. The third kappa shape index (κ3) is 3.76. The molecule has 114 valence electrons. The van der Waals surface area contributed by atoms with Gasteiger partial charge in [-0.05, 0) is 42.2 Å². The van der Waals surface area contributed by atoms with Gasteiger partial charge >= 0.3 is 0 Å². The van der Waals surface area contributed by atoms with Crippen LogP contribution in [0, 0.1) is 12.3 Å². The maximum absolute atomic E-state index is 12.1. The van der Waals surface area contributed by atoms with Gasteiger partial charge in [0.15, 0.2) is 0 Å². The lowest BCUT2D eigenvalue weighted by molar-refractivity contribution is -0.125. The Bertz CT molecular complexity index is 628. The second-order valence-electron chi connectivity index (χ2n) is 5.22. The van der Waals surface area contributed by atoms with Gasteiger partial charge in [0.25, 0.3) is 5.91 Å². The molecule has 0 unspecified atom stereocenters. The summed E-state index contributed by atoms with van der Waals surface area (Å²) in [6.45, 7) is 5.35. The van der Waals surface area contributed by atoms with Gasteiger partial charge in [-0.3, -0.25) is 9.59 Å². The molecule has 2 amide bonds. The zero-order chi connectivity index (χ0) is 15.9. The fraction of sp³-hybridized carbons (Fsp3) is 0.333. The maximum atomic E-state index is 12.1. The Labute approximate surface area is 131 Å². The van der Waals surface area contributed by atoms with Crippen molar-refractivity contribution in [2.45, 2.75) is 19.3 Å². The number of hydrogen-bond donors (Lipinski definition) is 1. The summed E-state index contributed by atoms with van der Waals surface area (Å²) >= 11 is 0. The van der Waals surface area contributed by atoms with Crippen LogP contribution in [0.2, 0.25) is 0 Å². The normalized spacial score (nSPS) is 13.5. The molecule has 0 saturated heterocycles. The van der Waals surface area contributed by atoms with Gasteiger partial charge in [-0.2, -0.15) is 0 Å². The molecular formula is C18H20N2O2. The summed E-state index contributed by atoms with van der Waals surface area (Å²) in [4.78, 5) is 25.6. The highest BCUT2D eigenvalue weighted by atomic mass is 16.2. The second kappa shape index (κ2) is 7.46. The molecule has 0 radical (unpaired) electrons. The fourth-order valence-corrected chi connectivity index (χ4v) is 2.57. The summed E-state index contributed by atoms with van der Waals surface area (Å²) in [5, 5.41) is 2.80. The number of terminal acetylenes is 1. The van der Waals surface area contributed by atoms with E-state index in [9.17, 15) is 9.59 Å². The topological polar surface area (TPSA) is 49.4 Å². The molecule has 4 heteroatoms. The van der Waals surface area contributed by atoms with Crippen LogP contribution in [0.25, 0.3) is 0 Å².